The molecule has 0 bridgehead atoms. The molecule has 6 nitrogen and oxygen atoms in total. The highest BCUT2D eigenvalue weighted by atomic mass is 79.9. The van der Waals surface area contributed by atoms with Gasteiger partial charge in [-0.2, -0.15) is 0 Å². The van der Waals surface area contributed by atoms with Gasteiger partial charge in [0.15, 0.2) is 0 Å². The number of anilines is 1. The zero-order valence-electron chi connectivity index (χ0n) is 10.4. The summed E-state index contributed by atoms with van der Waals surface area (Å²) in [4.78, 5) is 16.4. The van der Waals surface area contributed by atoms with Crippen LogP contribution in [0.4, 0.5) is 5.69 Å². The molecule has 1 heterocycles. The van der Waals surface area contributed by atoms with Gasteiger partial charge in [-0.3, -0.25) is 4.79 Å². The first kappa shape index (κ1) is 13.7. The van der Waals surface area contributed by atoms with Crippen LogP contribution in [0.1, 0.15) is 6.42 Å². The molecule has 1 atom stereocenters. The van der Waals surface area contributed by atoms with Crippen LogP contribution in [0.3, 0.4) is 0 Å². The Balaban J connectivity index is 2.20. The Morgan fingerprint density at radius 1 is 1.58 bits per heavy atom. The maximum absolute atomic E-state index is 12.0. The highest BCUT2D eigenvalue weighted by Gasteiger charge is 2.30. The van der Waals surface area contributed by atoms with Gasteiger partial charge in [0, 0.05) is 40.6 Å². The molecule has 0 aliphatic carbocycles. The number of ether oxygens (including phenoxy) is 1. The highest BCUT2D eigenvalue weighted by Crippen LogP contribution is 2.31. The fourth-order valence-corrected chi connectivity index (χ4v) is 2.59. The Morgan fingerprint density at radius 2 is 2.37 bits per heavy atom. The number of halogens is 1. The molecular weight excluding hydrogens is 312 g/mol. The van der Waals surface area contributed by atoms with Crippen LogP contribution in [-0.4, -0.2) is 26.1 Å². The first-order chi connectivity index (χ1) is 9.13. The van der Waals surface area contributed by atoms with Crippen molar-refractivity contribution in [2.45, 2.75) is 6.42 Å². The molecule has 0 N–H and O–H groups in total. The second-order valence-electron chi connectivity index (χ2n) is 4.34. The average Bonchev–Trinajstić information content (AvgIpc) is 2.76. The molecular formula is C12H13BrN4O2. The van der Waals surface area contributed by atoms with Crippen LogP contribution in [-0.2, 0) is 4.79 Å². The molecule has 1 aliphatic rings. The van der Waals surface area contributed by atoms with Gasteiger partial charge in [0.25, 0.3) is 0 Å². The third-order valence-corrected chi connectivity index (χ3v) is 3.47. The molecule has 1 fully saturated rings. The molecule has 100 valence electrons. The minimum atomic E-state index is 0.0401. The van der Waals surface area contributed by atoms with Crippen molar-refractivity contribution >= 4 is 27.5 Å². The van der Waals surface area contributed by atoms with Gasteiger partial charge in [-0.25, -0.2) is 0 Å². The van der Waals surface area contributed by atoms with Crippen LogP contribution >= 0.6 is 15.9 Å². The maximum atomic E-state index is 12.0. The molecule has 0 saturated carbocycles. The molecule has 2 rings (SSSR count). The van der Waals surface area contributed by atoms with E-state index >= 15 is 0 Å². The van der Waals surface area contributed by atoms with Gasteiger partial charge < -0.3 is 9.64 Å². The quantitative estimate of drug-likeness (QED) is 0.484. The van der Waals surface area contributed by atoms with Gasteiger partial charge in [0.05, 0.1) is 7.11 Å². The second-order valence-corrected chi connectivity index (χ2v) is 5.25. The molecule has 1 saturated heterocycles. The summed E-state index contributed by atoms with van der Waals surface area (Å²) in [6, 6.07) is 5.52. The normalized spacial score (nSPS) is 18.3. The van der Waals surface area contributed by atoms with Crippen molar-refractivity contribution in [1.29, 1.82) is 0 Å². The number of azide groups is 1. The van der Waals surface area contributed by atoms with E-state index in [1.54, 1.807) is 12.0 Å². The van der Waals surface area contributed by atoms with Crippen molar-refractivity contribution in [3.63, 3.8) is 0 Å². The first-order valence-corrected chi connectivity index (χ1v) is 6.59. The highest BCUT2D eigenvalue weighted by molar-refractivity contribution is 9.10. The number of carbonyl (C=O) groups is 1. The summed E-state index contributed by atoms with van der Waals surface area (Å²) in [5.74, 6) is 0.808. The molecule has 1 amide bonds. The Hall–Kier alpha value is -1.72. The monoisotopic (exact) mass is 324 g/mol. The summed E-state index contributed by atoms with van der Waals surface area (Å²) in [5.41, 5.74) is 9.11. The molecule has 1 aromatic rings. The molecule has 19 heavy (non-hydrogen) atoms. The van der Waals surface area contributed by atoms with Crippen molar-refractivity contribution < 1.29 is 9.53 Å². The SMILES string of the molecule is COc1cc(Br)cc(N2CC(CN=[N+]=[N-])CC2=O)c1. The van der Waals surface area contributed by atoms with E-state index in [4.69, 9.17) is 10.3 Å². The summed E-state index contributed by atoms with van der Waals surface area (Å²) in [6.45, 7) is 0.918. The summed E-state index contributed by atoms with van der Waals surface area (Å²) in [7, 11) is 1.59. The number of benzene rings is 1. The van der Waals surface area contributed by atoms with Gasteiger partial charge in [0.1, 0.15) is 5.75 Å². The molecule has 1 aliphatic heterocycles. The molecule has 1 aromatic carbocycles. The van der Waals surface area contributed by atoms with E-state index in [0.717, 1.165) is 10.2 Å². The van der Waals surface area contributed by atoms with Crippen molar-refractivity contribution in [1.82, 2.24) is 0 Å². The van der Waals surface area contributed by atoms with E-state index in [9.17, 15) is 4.79 Å². The second kappa shape index (κ2) is 5.95. The Bertz CT molecular complexity index is 543. The van der Waals surface area contributed by atoms with Gasteiger partial charge in [-0.05, 0) is 23.6 Å². The lowest BCUT2D eigenvalue weighted by molar-refractivity contribution is -0.117. The zero-order chi connectivity index (χ0) is 13.8. The number of carbonyl (C=O) groups excluding carboxylic acids is 1. The van der Waals surface area contributed by atoms with Crippen LogP contribution in [0.15, 0.2) is 27.8 Å². The van der Waals surface area contributed by atoms with E-state index in [1.807, 2.05) is 18.2 Å². The van der Waals surface area contributed by atoms with E-state index in [-0.39, 0.29) is 11.8 Å². The minimum Gasteiger partial charge on any atom is -0.497 e. The first-order valence-electron chi connectivity index (χ1n) is 5.80. The largest absolute Gasteiger partial charge is 0.497 e. The fraction of sp³-hybridized carbons (Fsp3) is 0.417. The number of nitrogens with zero attached hydrogens (tertiary/aromatic N) is 4. The smallest absolute Gasteiger partial charge is 0.227 e. The van der Waals surface area contributed by atoms with Gasteiger partial charge in [0.2, 0.25) is 5.91 Å². The predicted molar refractivity (Wildman–Crippen MR) is 75.2 cm³/mol. The molecule has 0 spiro atoms. The van der Waals surface area contributed by atoms with E-state index in [2.05, 4.69) is 26.0 Å². The van der Waals surface area contributed by atoms with E-state index in [0.29, 0.717) is 25.3 Å². The lowest BCUT2D eigenvalue weighted by Gasteiger charge is -2.17. The summed E-state index contributed by atoms with van der Waals surface area (Å²) in [6.07, 6.45) is 0.411. The van der Waals surface area contributed by atoms with Crippen LogP contribution in [0, 0.1) is 5.92 Å². The van der Waals surface area contributed by atoms with E-state index in [1.165, 1.54) is 0 Å². The third-order valence-electron chi connectivity index (χ3n) is 3.01. The van der Waals surface area contributed by atoms with Crippen molar-refractivity contribution in [3.05, 3.63) is 33.1 Å². The van der Waals surface area contributed by atoms with Gasteiger partial charge in [-0.1, -0.05) is 21.0 Å². The number of methoxy groups -OCH3 is 1. The molecule has 0 radical (unpaired) electrons. The van der Waals surface area contributed by atoms with Crippen LogP contribution in [0.25, 0.3) is 10.4 Å². The Kier molecular flexibility index (Phi) is 4.29. The lowest BCUT2D eigenvalue weighted by Crippen LogP contribution is -2.24. The summed E-state index contributed by atoms with van der Waals surface area (Å²) >= 11 is 3.39. The molecule has 1 unspecified atom stereocenters. The predicted octanol–water partition coefficient (Wildman–Crippen LogP) is 3.12. The van der Waals surface area contributed by atoms with Crippen molar-refractivity contribution in [2.24, 2.45) is 11.0 Å². The lowest BCUT2D eigenvalue weighted by atomic mass is 10.1. The number of amides is 1. The summed E-state index contributed by atoms with van der Waals surface area (Å²) < 4.78 is 6.04. The van der Waals surface area contributed by atoms with Crippen LogP contribution in [0.2, 0.25) is 0 Å². The average molecular weight is 325 g/mol. The Labute approximate surface area is 119 Å². The van der Waals surface area contributed by atoms with Crippen molar-refractivity contribution in [3.8, 4) is 5.75 Å². The molecule has 0 aromatic heterocycles. The number of hydrogen-bond acceptors (Lipinski definition) is 3. The van der Waals surface area contributed by atoms with Crippen molar-refractivity contribution in [2.75, 3.05) is 25.1 Å². The third kappa shape index (κ3) is 3.19. The fourth-order valence-electron chi connectivity index (χ4n) is 2.13. The zero-order valence-corrected chi connectivity index (χ0v) is 12.0. The van der Waals surface area contributed by atoms with Crippen LogP contribution in [0.5, 0.6) is 5.75 Å². The topological polar surface area (TPSA) is 78.3 Å². The standard InChI is InChI=1S/C12H13BrN4O2/c1-19-11-4-9(13)3-10(5-11)17-7-8(2-12(17)18)6-15-16-14/h3-5,8H,2,6-7H2,1H3. The van der Waals surface area contributed by atoms with Gasteiger partial charge in [-0.15, -0.1) is 0 Å². The van der Waals surface area contributed by atoms with E-state index < -0.39 is 0 Å². The molecule has 7 heteroatoms. The minimum absolute atomic E-state index is 0.0401. The number of rotatable bonds is 4. The number of hydrogen-bond donors (Lipinski definition) is 0. The maximum Gasteiger partial charge on any atom is 0.227 e. The van der Waals surface area contributed by atoms with Gasteiger partial charge >= 0.3 is 0 Å². The summed E-state index contributed by atoms with van der Waals surface area (Å²) in [5, 5.41) is 3.54. The Morgan fingerprint density at radius 3 is 3.05 bits per heavy atom. The van der Waals surface area contributed by atoms with Crippen LogP contribution < -0.4 is 9.64 Å².